The van der Waals surface area contributed by atoms with Gasteiger partial charge in [0.15, 0.2) is 0 Å². The fourth-order valence-electron chi connectivity index (χ4n) is 1.14. The lowest BCUT2D eigenvalue weighted by Gasteiger charge is -2.09. The van der Waals surface area contributed by atoms with E-state index in [1.165, 1.54) is 0 Å². The predicted octanol–water partition coefficient (Wildman–Crippen LogP) is 1.95. The van der Waals surface area contributed by atoms with Gasteiger partial charge < -0.3 is 10.3 Å². The molecule has 2 N–H and O–H groups in total. The maximum absolute atomic E-state index is 11.7. The molecule has 0 fully saturated rings. The molecule has 72 valence electrons. The normalized spacial score (nSPS) is 14.2. The Kier molecular flexibility index (Phi) is 2.94. The second kappa shape index (κ2) is 3.65. The number of rotatable bonds is 2. The lowest BCUT2D eigenvalue weighted by molar-refractivity contribution is 0.588. The van der Waals surface area contributed by atoms with Gasteiger partial charge in [0, 0.05) is 11.3 Å². The fraction of sp³-hybridized carbons (Fsp3) is 0.400. The van der Waals surface area contributed by atoms with Gasteiger partial charge in [-0.15, -0.1) is 0 Å². The summed E-state index contributed by atoms with van der Waals surface area (Å²) < 4.78 is 11.7. The van der Waals surface area contributed by atoms with Gasteiger partial charge in [-0.1, -0.05) is 24.3 Å². The van der Waals surface area contributed by atoms with Crippen molar-refractivity contribution in [3.63, 3.8) is 0 Å². The third-order valence-electron chi connectivity index (χ3n) is 2.04. The van der Waals surface area contributed by atoms with Gasteiger partial charge in [0.2, 0.25) is 0 Å². The van der Waals surface area contributed by atoms with E-state index >= 15 is 0 Å². The van der Waals surface area contributed by atoms with Crippen molar-refractivity contribution in [2.75, 3.05) is 13.3 Å². The van der Waals surface area contributed by atoms with E-state index in [4.69, 9.17) is 5.73 Å². The zero-order valence-corrected chi connectivity index (χ0v) is 9.21. The summed E-state index contributed by atoms with van der Waals surface area (Å²) in [5, 5.41) is 0.914. The number of hydrogen-bond donors (Lipinski definition) is 1. The van der Waals surface area contributed by atoms with E-state index in [1.807, 2.05) is 31.2 Å². The molecule has 0 unspecified atom stereocenters. The molecular formula is C10H16NOP. The summed E-state index contributed by atoms with van der Waals surface area (Å²) in [6.07, 6.45) is 0. The predicted molar refractivity (Wildman–Crippen MR) is 58.1 cm³/mol. The number of benzene rings is 1. The van der Waals surface area contributed by atoms with Crippen LogP contribution in [0.4, 0.5) is 0 Å². The van der Waals surface area contributed by atoms with E-state index < -0.39 is 7.14 Å². The summed E-state index contributed by atoms with van der Waals surface area (Å²) in [5.74, 6) is 0. The quantitative estimate of drug-likeness (QED) is 0.736. The first-order valence-electron chi connectivity index (χ1n) is 4.32. The van der Waals surface area contributed by atoms with Gasteiger partial charge in [0.05, 0.1) is 0 Å². The van der Waals surface area contributed by atoms with Crippen LogP contribution < -0.4 is 11.0 Å². The Morgan fingerprint density at radius 2 is 1.69 bits per heavy atom. The minimum absolute atomic E-state index is 0.0437. The van der Waals surface area contributed by atoms with Crippen molar-refractivity contribution < 1.29 is 4.57 Å². The Bertz CT molecular complexity index is 323. The van der Waals surface area contributed by atoms with Gasteiger partial charge in [-0.25, -0.2) is 0 Å². The van der Waals surface area contributed by atoms with Crippen molar-refractivity contribution in [2.24, 2.45) is 5.73 Å². The maximum Gasteiger partial charge on any atom is 0.109 e. The summed E-state index contributed by atoms with van der Waals surface area (Å²) in [7, 11) is -2.11. The standard InChI is InChI=1S/C10H16NOP/c1-8(11)9-4-6-10(7-5-9)13(2,3)12/h4-8H,11H2,1-3H3/t8-/m1/s1. The average molecular weight is 197 g/mol. The van der Waals surface area contributed by atoms with Crippen LogP contribution >= 0.6 is 7.14 Å². The molecule has 0 saturated carbocycles. The van der Waals surface area contributed by atoms with Crippen LogP contribution in [0.3, 0.4) is 0 Å². The molecule has 0 amide bonds. The first-order chi connectivity index (χ1) is 5.91. The summed E-state index contributed by atoms with van der Waals surface area (Å²) in [5.41, 5.74) is 6.78. The van der Waals surface area contributed by atoms with Crippen molar-refractivity contribution in [3.05, 3.63) is 29.8 Å². The van der Waals surface area contributed by atoms with Crippen LogP contribution in [0.2, 0.25) is 0 Å². The number of hydrogen-bond acceptors (Lipinski definition) is 2. The molecule has 1 aromatic carbocycles. The molecule has 0 saturated heterocycles. The maximum atomic E-state index is 11.7. The molecule has 3 heteroatoms. The third kappa shape index (κ3) is 2.68. The van der Waals surface area contributed by atoms with E-state index in [-0.39, 0.29) is 6.04 Å². The topological polar surface area (TPSA) is 43.1 Å². The Labute approximate surface area is 79.5 Å². The first-order valence-corrected chi connectivity index (χ1v) is 6.92. The Morgan fingerprint density at radius 3 is 2.00 bits per heavy atom. The van der Waals surface area contributed by atoms with Crippen LogP contribution in [0.5, 0.6) is 0 Å². The minimum Gasteiger partial charge on any atom is -0.324 e. The molecule has 1 aromatic rings. The van der Waals surface area contributed by atoms with Gasteiger partial charge in [0.25, 0.3) is 0 Å². The molecule has 0 aliphatic rings. The SMILES string of the molecule is C[C@@H](N)c1ccc(P(C)(C)=O)cc1. The van der Waals surface area contributed by atoms with Gasteiger partial charge >= 0.3 is 0 Å². The first kappa shape index (κ1) is 10.5. The van der Waals surface area contributed by atoms with Crippen molar-refractivity contribution in [3.8, 4) is 0 Å². The van der Waals surface area contributed by atoms with E-state index in [9.17, 15) is 4.57 Å². The largest absolute Gasteiger partial charge is 0.324 e. The van der Waals surface area contributed by atoms with Crippen molar-refractivity contribution in [1.82, 2.24) is 0 Å². The molecule has 0 aliphatic heterocycles. The highest BCUT2D eigenvalue weighted by Gasteiger charge is 2.10. The molecule has 0 heterocycles. The molecule has 0 aliphatic carbocycles. The van der Waals surface area contributed by atoms with Gasteiger partial charge in [-0.05, 0) is 25.8 Å². The summed E-state index contributed by atoms with van der Waals surface area (Å²) >= 11 is 0. The molecule has 1 atom stereocenters. The summed E-state index contributed by atoms with van der Waals surface area (Å²) in [6.45, 7) is 5.48. The number of nitrogens with two attached hydrogens (primary N) is 1. The molecule has 0 radical (unpaired) electrons. The molecule has 0 aromatic heterocycles. The van der Waals surface area contributed by atoms with Crippen molar-refractivity contribution >= 4 is 12.4 Å². The Morgan fingerprint density at radius 1 is 1.23 bits per heavy atom. The highest BCUT2D eigenvalue weighted by molar-refractivity contribution is 7.70. The van der Waals surface area contributed by atoms with E-state index in [0.717, 1.165) is 10.9 Å². The fourth-order valence-corrected chi connectivity index (χ4v) is 2.00. The molecule has 1 rings (SSSR count). The highest BCUT2D eigenvalue weighted by atomic mass is 31.2. The monoisotopic (exact) mass is 197 g/mol. The lowest BCUT2D eigenvalue weighted by Crippen LogP contribution is -2.08. The Balaban J connectivity index is 3.01. The molecule has 2 nitrogen and oxygen atoms in total. The van der Waals surface area contributed by atoms with E-state index in [2.05, 4.69) is 0 Å². The zero-order valence-electron chi connectivity index (χ0n) is 8.32. The minimum atomic E-state index is -2.11. The van der Waals surface area contributed by atoms with Gasteiger partial charge in [0.1, 0.15) is 7.14 Å². The van der Waals surface area contributed by atoms with Crippen molar-refractivity contribution in [2.45, 2.75) is 13.0 Å². The lowest BCUT2D eigenvalue weighted by atomic mass is 10.1. The second-order valence-electron chi connectivity index (χ2n) is 3.73. The smallest absolute Gasteiger partial charge is 0.109 e. The van der Waals surface area contributed by atoms with Crippen LogP contribution in [-0.4, -0.2) is 13.3 Å². The highest BCUT2D eigenvalue weighted by Crippen LogP contribution is 2.34. The van der Waals surface area contributed by atoms with Crippen LogP contribution in [0.1, 0.15) is 18.5 Å². The second-order valence-corrected chi connectivity index (χ2v) is 6.95. The van der Waals surface area contributed by atoms with Crippen LogP contribution in [0, 0.1) is 0 Å². The van der Waals surface area contributed by atoms with Crippen molar-refractivity contribution in [1.29, 1.82) is 0 Å². The van der Waals surface area contributed by atoms with Crippen LogP contribution in [0.15, 0.2) is 24.3 Å². The zero-order chi connectivity index (χ0) is 10.1. The van der Waals surface area contributed by atoms with Gasteiger partial charge in [-0.3, -0.25) is 0 Å². The Hall–Kier alpha value is -0.590. The summed E-state index contributed by atoms with van der Waals surface area (Å²) in [4.78, 5) is 0. The third-order valence-corrected chi connectivity index (χ3v) is 3.58. The van der Waals surface area contributed by atoms with Crippen LogP contribution in [0.25, 0.3) is 0 Å². The summed E-state index contributed by atoms with van der Waals surface area (Å²) in [6, 6.07) is 7.74. The van der Waals surface area contributed by atoms with Gasteiger partial charge in [-0.2, -0.15) is 0 Å². The van der Waals surface area contributed by atoms with E-state index in [0.29, 0.717) is 0 Å². The molecular weight excluding hydrogens is 181 g/mol. The van der Waals surface area contributed by atoms with Crippen LogP contribution in [-0.2, 0) is 4.57 Å². The average Bonchev–Trinajstić information content (AvgIpc) is 2.03. The molecule has 0 spiro atoms. The molecule has 13 heavy (non-hydrogen) atoms. The molecule has 0 bridgehead atoms. The van der Waals surface area contributed by atoms with E-state index in [1.54, 1.807) is 13.3 Å².